The monoisotopic (exact) mass is 260 g/mol. The van der Waals surface area contributed by atoms with Crippen LogP contribution in [0.15, 0.2) is 0 Å². The van der Waals surface area contributed by atoms with Gasteiger partial charge in [-0.15, -0.1) is 0 Å². The molecule has 1 N–H and O–H groups in total. The maximum absolute atomic E-state index is 11.8. The van der Waals surface area contributed by atoms with Crippen LogP contribution in [0.2, 0.25) is 0 Å². The fourth-order valence-corrected chi connectivity index (χ4v) is 4.05. The summed E-state index contributed by atoms with van der Waals surface area (Å²) < 4.78 is 23.1. The number of sulfone groups is 1. The lowest BCUT2D eigenvalue weighted by atomic mass is 10.1. The van der Waals surface area contributed by atoms with E-state index >= 15 is 0 Å². The Bertz CT molecular complexity index is 432. The second-order valence-electron chi connectivity index (χ2n) is 4.52. The molecule has 0 aromatic heterocycles. The van der Waals surface area contributed by atoms with Gasteiger partial charge in [-0.1, -0.05) is 0 Å². The van der Waals surface area contributed by atoms with Gasteiger partial charge in [0.2, 0.25) is 11.8 Å². The number of carbonyl (C=O) groups is 2. The van der Waals surface area contributed by atoms with Crippen molar-refractivity contribution >= 4 is 21.7 Å². The van der Waals surface area contributed by atoms with E-state index in [0.29, 0.717) is 19.4 Å². The lowest BCUT2D eigenvalue weighted by Crippen LogP contribution is -2.48. The third kappa shape index (κ3) is 2.96. The van der Waals surface area contributed by atoms with Crippen LogP contribution in [0, 0.1) is 0 Å². The van der Waals surface area contributed by atoms with Crippen molar-refractivity contribution in [3.8, 4) is 0 Å². The molecule has 96 valence electrons. The zero-order chi connectivity index (χ0) is 12.5. The van der Waals surface area contributed by atoms with E-state index < -0.39 is 9.84 Å². The highest BCUT2D eigenvalue weighted by Crippen LogP contribution is 2.18. The third-order valence-electron chi connectivity index (χ3n) is 3.22. The number of hydrogen-bond acceptors (Lipinski definition) is 4. The Kier molecular flexibility index (Phi) is 3.37. The van der Waals surface area contributed by atoms with Crippen LogP contribution in [-0.2, 0) is 19.4 Å². The summed E-state index contributed by atoms with van der Waals surface area (Å²) in [5.41, 5.74) is 0. The Morgan fingerprint density at radius 2 is 2.06 bits per heavy atom. The average molecular weight is 260 g/mol. The third-order valence-corrected chi connectivity index (χ3v) is 5.02. The van der Waals surface area contributed by atoms with E-state index in [4.69, 9.17) is 0 Å². The summed E-state index contributed by atoms with van der Waals surface area (Å²) >= 11 is 0. The maximum Gasteiger partial charge on any atom is 0.242 e. The second kappa shape index (κ2) is 4.64. The van der Waals surface area contributed by atoms with Gasteiger partial charge in [0.05, 0.1) is 18.1 Å². The van der Waals surface area contributed by atoms with E-state index in [1.807, 2.05) is 0 Å². The van der Waals surface area contributed by atoms with Crippen molar-refractivity contribution in [2.45, 2.75) is 25.3 Å². The first-order chi connectivity index (χ1) is 7.98. The summed E-state index contributed by atoms with van der Waals surface area (Å²) in [4.78, 5) is 24.5. The fourth-order valence-electron chi connectivity index (χ4n) is 2.34. The molecule has 2 heterocycles. The van der Waals surface area contributed by atoms with E-state index in [1.165, 1.54) is 0 Å². The Labute approximate surface area is 100 Å². The van der Waals surface area contributed by atoms with E-state index in [-0.39, 0.29) is 42.3 Å². The van der Waals surface area contributed by atoms with Gasteiger partial charge in [0, 0.05) is 19.0 Å². The topological polar surface area (TPSA) is 83.6 Å². The van der Waals surface area contributed by atoms with Crippen LogP contribution in [0.1, 0.15) is 19.3 Å². The van der Waals surface area contributed by atoms with Gasteiger partial charge in [-0.25, -0.2) is 8.42 Å². The van der Waals surface area contributed by atoms with Crippen molar-refractivity contribution in [2.75, 3.05) is 24.6 Å². The molecule has 0 aromatic rings. The molecule has 17 heavy (non-hydrogen) atoms. The lowest BCUT2D eigenvalue weighted by molar-refractivity contribution is -0.131. The standard InChI is InChI=1S/C10H16N2O4S/c13-9-3-4-12(10(14)6-11-9)8-2-1-5-17(15,16)7-8/h8H,1-7H2,(H,11,13). The molecule has 1 unspecified atom stereocenters. The van der Waals surface area contributed by atoms with Crippen LogP contribution >= 0.6 is 0 Å². The quantitative estimate of drug-likeness (QED) is 0.649. The minimum Gasteiger partial charge on any atom is -0.347 e. The van der Waals surface area contributed by atoms with Crippen molar-refractivity contribution in [1.82, 2.24) is 10.2 Å². The number of nitrogens with zero attached hydrogens (tertiary/aromatic N) is 1. The lowest BCUT2D eigenvalue weighted by Gasteiger charge is -2.32. The van der Waals surface area contributed by atoms with E-state index in [9.17, 15) is 18.0 Å². The van der Waals surface area contributed by atoms with Crippen molar-refractivity contribution in [3.05, 3.63) is 0 Å². The summed E-state index contributed by atoms with van der Waals surface area (Å²) in [6.45, 7) is 0.306. The highest BCUT2D eigenvalue weighted by Gasteiger charge is 2.33. The predicted octanol–water partition coefficient (Wildman–Crippen LogP) is -1.09. The Morgan fingerprint density at radius 3 is 2.76 bits per heavy atom. The van der Waals surface area contributed by atoms with Gasteiger partial charge in [-0.3, -0.25) is 9.59 Å². The average Bonchev–Trinajstić information content (AvgIpc) is 2.40. The van der Waals surface area contributed by atoms with E-state index in [0.717, 1.165) is 0 Å². The van der Waals surface area contributed by atoms with Crippen LogP contribution in [0.4, 0.5) is 0 Å². The van der Waals surface area contributed by atoms with Crippen LogP contribution in [0.3, 0.4) is 0 Å². The number of rotatable bonds is 1. The summed E-state index contributed by atoms with van der Waals surface area (Å²) in [7, 11) is -3.03. The summed E-state index contributed by atoms with van der Waals surface area (Å²) in [5, 5.41) is 2.50. The number of amides is 2. The smallest absolute Gasteiger partial charge is 0.242 e. The van der Waals surface area contributed by atoms with Gasteiger partial charge in [0.25, 0.3) is 0 Å². The number of carbonyl (C=O) groups excluding carboxylic acids is 2. The molecule has 7 heteroatoms. The van der Waals surface area contributed by atoms with Crippen molar-refractivity contribution in [3.63, 3.8) is 0 Å². The molecular weight excluding hydrogens is 244 g/mol. The molecule has 0 aromatic carbocycles. The molecular formula is C10H16N2O4S. The van der Waals surface area contributed by atoms with Gasteiger partial charge in [0.15, 0.2) is 9.84 Å². The largest absolute Gasteiger partial charge is 0.347 e. The van der Waals surface area contributed by atoms with Gasteiger partial charge < -0.3 is 10.2 Å². The molecule has 2 rings (SSSR count). The van der Waals surface area contributed by atoms with Crippen molar-refractivity contribution in [2.24, 2.45) is 0 Å². The second-order valence-corrected chi connectivity index (χ2v) is 6.75. The van der Waals surface area contributed by atoms with Gasteiger partial charge in [-0.2, -0.15) is 0 Å². The van der Waals surface area contributed by atoms with Gasteiger partial charge in [0.1, 0.15) is 0 Å². The highest BCUT2D eigenvalue weighted by atomic mass is 32.2. The molecule has 1 atom stereocenters. The van der Waals surface area contributed by atoms with Gasteiger partial charge in [-0.05, 0) is 12.8 Å². The SMILES string of the molecule is O=C1CCN(C2CCCS(=O)(=O)C2)C(=O)CN1. The van der Waals surface area contributed by atoms with Crippen LogP contribution < -0.4 is 5.32 Å². The molecule has 2 saturated heterocycles. The van der Waals surface area contributed by atoms with Gasteiger partial charge >= 0.3 is 0 Å². The normalized spacial score (nSPS) is 29.6. The highest BCUT2D eigenvalue weighted by molar-refractivity contribution is 7.91. The predicted molar refractivity (Wildman–Crippen MR) is 61.0 cm³/mol. The van der Waals surface area contributed by atoms with Crippen LogP contribution in [-0.4, -0.2) is 55.8 Å². The zero-order valence-electron chi connectivity index (χ0n) is 9.52. The molecule has 0 aliphatic carbocycles. The Morgan fingerprint density at radius 1 is 1.29 bits per heavy atom. The molecule has 0 radical (unpaired) electrons. The molecule has 0 bridgehead atoms. The Balaban J connectivity index is 2.10. The van der Waals surface area contributed by atoms with E-state index in [1.54, 1.807) is 4.90 Å². The Hall–Kier alpha value is -1.11. The molecule has 2 aliphatic heterocycles. The molecule has 2 aliphatic rings. The maximum atomic E-state index is 11.8. The first kappa shape index (κ1) is 12.3. The van der Waals surface area contributed by atoms with Crippen molar-refractivity contribution < 1.29 is 18.0 Å². The summed E-state index contributed by atoms with van der Waals surface area (Å²) in [5.74, 6) is -0.0900. The first-order valence-electron chi connectivity index (χ1n) is 5.74. The molecule has 2 amide bonds. The molecule has 0 spiro atoms. The minimum absolute atomic E-state index is 0.0185. The summed E-state index contributed by atoms with van der Waals surface area (Å²) in [6.07, 6.45) is 1.56. The minimum atomic E-state index is -3.03. The fraction of sp³-hybridized carbons (Fsp3) is 0.800. The van der Waals surface area contributed by atoms with Crippen LogP contribution in [0.25, 0.3) is 0 Å². The first-order valence-corrected chi connectivity index (χ1v) is 7.57. The molecule has 0 saturated carbocycles. The van der Waals surface area contributed by atoms with E-state index in [2.05, 4.69) is 5.32 Å². The van der Waals surface area contributed by atoms with Crippen LogP contribution in [0.5, 0.6) is 0 Å². The summed E-state index contributed by atoms with van der Waals surface area (Å²) in [6, 6.07) is -0.256. The molecule has 2 fully saturated rings. The zero-order valence-corrected chi connectivity index (χ0v) is 10.3. The number of hydrogen-bond donors (Lipinski definition) is 1. The van der Waals surface area contributed by atoms with Crippen molar-refractivity contribution in [1.29, 1.82) is 0 Å². The number of nitrogens with one attached hydrogen (secondary N) is 1. The molecule has 6 nitrogen and oxygen atoms in total.